The summed E-state index contributed by atoms with van der Waals surface area (Å²) in [5.41, 5.74) is 0.0984. The first kappa shape index (κ1) is 17.2. The van der Waals surface area contributed by atoms with Crippen LogP contribution < -0.4 is 5.32 Å². The van der Waals surface area contributed by atoms with Gasteiger partial charge in [-0.15, -0.1) is 0 Å². The Kier molecular flexibility index (Phi) is 5.11. The van der Waals surface area contributed by atoms with Crippen molar-refractivity contribution in [3.63, 3.8) is 0 Å². The summed E-state index contributed by atoms with van der Waals surface area (Å²) in [6, 6.07) is 6.44. The number of carbonyl (C=O) groups excluding carboxylic acids is 1. The lowest BCUT2D eigenvalue weighted by Gasteiger charge is -2.19. The zero-order valence-corrected chi connectivity index (χ0v) is 13.0. The van der Waals surface area contributed by atoms with Gasteiger partial charge < -0.3 is 10.4 Å². The molecule has 1 aromatic carbocycles. The largest absolute Gasteiger partial charge is 0.481 e. The maximum atomic E-state index is 11.6. The Morgan fingerprint density at radius 1 is 1.19 bits per heavy atom. The predicted molar refractivity (Wildman–Crippen MR) is 80.1 cm³/mol. The summed E-state index contributed by atoms with van der Waals surface area (Å²) in [4.78, 5) is 22.7. The molecule has 0 spiro atoms. The van der Waals surface area contributed by atoms with Crippen molar-refractivity contribution in [3.05, 3.63) is 29.8 Å². The fourth-order valence-electron chi connectivity index (χ4n) is 1.60. The molecule has 0 aliphatic rings. The van der Waals surface area contributed by atoms with Crippen LogP contribution in [0.5, 0.6) is 0 Å². The first-order valence-electron chi connectivity index (χ1n) is 6.34. The summed E-state index contributed by atoms with van der Waals surface area (Å²) in [7, 11) is -3.17. The number of benzene rings is 1. The van der Waals surface area contributed by atoms with Gasteiger partial charge in [0.05, 0.1) is 11.2 Å². The van der Waals surface area contributed by atoms with Crippen molar-refractivity contribution in [3.8, 4) is 0 Å². The lowest BCUT2D eigenvalue weighted by atomic mass is 9.85. The average Bonchev–Trinajstić information content (AvgIpc) is 2.36. The van der Waals surface area contributed by atoms with E-state index >= 15 is 0 Å². The van der Waals surface area contributed by atoms with E-state index in [2.05, 4.69) is 5.32 Å². The summed E-state index contributed by atoms with van der Waals surface area (Å²) >= 11 is 0. The summed E-state index contributed by atoms with van der Waals surface area (Å²) in [5, 5.41) is 11.7. The molecule has 0 saturated carbocycles. The molecule has 21 heavy (non-hydrogen) atoms. The molecule has 0 aliphatic carbocycles. The molecule has 1 aromatic rings. The minimum atomic E-state index is -3.17. The van der Waals surface area contributed by atoms with Crippen LogP contribution in [-0.4, -0.2) is 37.4 Å². The van der Waals surface area contributed by atoms with Crippen molar-refractivity contribution in [1.82, 2.24) is 0 Å². The standard InChI is InChI=1S/C14H19NO5S/c1-14(2,13(17)18)10-4-6-11(7-5-10)15-12(16)8-9-21(3,19)20/h4-7H,8-9H2,1-3H3,(H,15,16)(H,17,18). The third kappa shape index (κ3) is 5.18. The van der Waals surface area contributed by atoms with Gasteiger partial charge in [-0.1, -0.05) is 12.1 Å². The second-order valence-electron chi connectivity index (χ2n) is 5.44. The predicted octanol–water partition coefficient (Wildman–Crippen LogP) is 1.42. The highest BCUT2D eigenvalue weighted by Crippen LogP contribution is 2.24. The van der Waals surface area contributed by atoms with Crippen LogP contribution in [0.15, 0.2) is 24.3 Å². The van der Waals surface area contributed by atoms with E-state index in [1.54, 1.807) is 38.1 Å². The Labute approximate surface area is 124 Å². The van der Waals surface area contributed by atoms with Crippen LogP contribution in [0.4, 0.5) is 5.69 Å². The summed E-state index contributed by atoms with van der Waals surface area (Å²) in [6.07, 6.45) is 0.963. The molecule has 0 bridgehead atoms. The van der Waals surface area contributed by atoms with Crippen molar-refractivity contribution in [2.45, 2.75) is 25.7 Å². The topological polar surface area (TPSA) is 101 Å². The zero-order valence-electron chi connectivity index (χ0n) is 12.2. The number of hydrogen-bond donors (Lipinski definition) is 2. The van der Waals surface area contributed by atoms with Gasteiger partial charge in [0, 0.05) is 18.4 Å². The summed E-state index contributed by atoms with van der Waals surface area (Å²) < 4.78 is 21.9. The molecule has 0 saturated heterocycles. The van der Waals surface area contributed by atoms with Crippen LogP contribution in [0, 0.1) is 0 Å². The van der Waals surface area contributed by atoms with Gasteiger partial charge in [-0.3, -0.25) is 9.59 Å². The monoisotopic (exact) mass is 313 g/mol. The van der Waals surface area contributed by atoms with Gasteiger partial charge in [-0.05, 0) is 31.5 Å². The van der Waals surface area contributed by atoms with Crippen LogP contribution in [0.1, 0.15) is 25.8 Å². The van der Waals surface area contributed by atoms with Gasteiger partial charge in [0.15, 0.2) is 0 Å². The molecule has 7 heteroatoms. The Bertz CT molecular complexity index is 632. The molecule has 1 amide bonds. The molecule has 0 atom stereocenters. The molecule has 0 radical (unpaired) electrons. The van der Waals surface area contributed by atoms with E-state index in [0.717, 1.165) is 6.26 Å². The van der Waals surface area contributed by atoms with Crippen LogP contribution in [0.3, 0.4) is 0 Å². The maximum Gasteiger partial charge on any atom is 0.313 e. The second-order valence-corrected chi connectivity index (χ2v) is 7.70. The average molecular weight is 313 g/mol. The number of amides is 1. The van der Waals surface area contributed by atoms with Gasteiger partial charge in [-0.25, -0.2) is 8.42 Å². The van der Waals surface area contributed by atoms with Crippen molar-refractivity contribution in [1.29, 1.82) is 0 Å². The van der Waals surface area contributed by atoms with E-state index in [1.807, 2.05) is 0 Å². The molecule has 0 aliphatic heterocycles. The van der Waals surface area contributed by atoms with E-state index in [4.69, 9.17) is 5.11 Å². The number of sulfone groups is 1. The van der Waals surface area contributed by atoms with Crippen LogP contribution in [0.25, 0.3) is 0 Å². The van der Waals surface area contributed by atoms with Crippen LogP contribution >= 0.6 is 0 Å². The molecule has 1 rings (SSSR count). The number of carbonyl (C=O) groups is 2. The molecule has 0 fully saturated rings. The van der Waals surface area contributed by atoms with Gasteiger partial charge in [0.2, 0.25) is 5.91 Å². The van der Waals surface area contributed by atoms with Crippen molar-refractivity contribution in [2.75, 3.05) is 17.3 Å². The Morgan fingerprint density at radius 3 is 2.14 bits per heavy atom. The first-order chi connectivity index (χ1) is 9.52. The van der Waals surface area contributed by atoms with Crippen molar-refractivity contribution < 1.29 is 23.1 Å². The van der Waals surface area contributed by atoms with Crippen molar-refractivity contribution >= 4 is 27.4 Å². The lowest BCUT2D eigenvalue weighted by Crippen LogP contribution is -2.28. The number of hydrogen-bond acceptors (Lipinski definition) is 4. The minimum absolute atomic E-state index is 0.110. The number of nitrogens with one attached hydrogen (secondary N) is 1. The maximum absolute atomic E-state index is 11.6. The van der Waals surface area contributed by atoms with Gasteiger partial charge in [0.1, 0.15) is 9.84 Å². The first-order valence-corrected chi connectivity index (χ1v) is 8.40. The van der Waals surface area contributed by atoms with Gasteiger partial charge >= 0.3 is 5.97 Å². The number of aliphatic carboxylic acids is 1. The van der Waals surface area contributed by atoms with E-state index in [9.17, 15) is 18.0 Å². The number of carboxylic acids is 1. The fraction of sp³-hybridized carbons (Fsp3) is 0.429. The van der Waals surface area contributed by atoms with Crippen LogP contribution in [0.2, 0.25) is 0 Å². The van der Waals surface area contributed by atoms with Gasteiger partial charge in [-0.2, -0.15) is 0 Å². The molecule has 0 unspecified atom stereocenters. The molecular formula is C14H19NO5S. The molecular weight excluding hydrogens is 294 g/mol. The third-order valence-corrected chi connectivity index (χ3v) is 4.07. The quantitative estimate of drug-likeness (QED) is 0.827. The Morgan fingerprint density at radius 2 is 1.71 bits per heavy atom. The Balaban J connectivity index is 2.71. The number of anilines is 1. The van der Waals surface area contributed by atoms with Gasteiger partial charge in [0.25, 0.3) is 0 Å². The summed E-state index contributed by atoms with van der Waals surface area (Å²) in [6.45, 7) is 3.18. The SMILES string of the molecule is CC(C)(C(=O)O)c1ccc(NC(=O)CCS(C)(=O)=O)cc1. The minimum Gasteiger partial charge on any atom is -0.481 e. The second kappa shape index (κ2) is 6.26. The smallest absolute Gasteiger partial charge is 0.313 e. The number of rotatable bonds is 6. The normalized spacial score (nSPS) is 12.0. The molecule has 2 N–H and O–H groups in total. The van der Waals surface area contributed by atoms with E-state index in [-0.39, 0.29) is 12.2 Å². The highest BCUT2D eigenvalue weighted by atomic mass is 32.2. The third-order valence-electron chi connectivity index (χ3n) is 3.12. The van der Waals surface area contributed by atoms with E-state index < -0.39 is 27.1 Å². The fourth-order valence-corrected chi connectivity index (χ4v) is 2.15. The lowest BCUT2D eigenvalue weighted by molar-refractivity contribution is -0.142. The summed E-state index contributed by atoms with van der Waals surface area (Å²) in [5.74, 6) is -1.54. The molecule has 6 nitrogen and oxygen atoms in total. The molecule has 116 valence electrons. The highest BCUT2D eigenvalue weighted by molar-refractivity contribution is 7.90. The Hall–Kier alpha value is -1.89. The highest BCUT2D eigenvalue weighted by Gasteiger charge is 2.29. The number of carboxylic acid groups (broad SMARTS) is 1. The van der Waals surface area contributed by atoms with E-state index in [1.165, 1.54) is 0 Å². The molecule has 0 aromatic heterocycles. The van der Waals surface area contributed by atoms with Crippen molar-refractivity contribution in [2.24, 2.45) is 0 Å². The van der Waals surface area contributed by atoms with E-state index in [0.29, 0.717) is 11.3 Å². The zero-order chi connectivity index (χ0) is 16.3. The van der Waals surface area contributed by atoms with Crippen LogP contribution in [-0.2, 0) is 24.8 Å². The molecule has 0 heterocycles.